The van der Waals surface area contributed by atoms with Gasteiger partial charge in [-0.05, 0) is 26.8 Å². The summed E-state index contributed by atoms with van der Waals surface area (Å²) in [6, 6.07) is 6.36. The Bertz CT molecular complexity index is 723. The minimum absolute atomic E-state index is 0.238. The average Bonchev–Trinajstić information content (AvgIpc) is 2.22. The highest BCUT2D eigenvalue weighted by atomic mass is 35.5. The molecule has 1 N–H and O–H groups in total. The van der Waals surface area contributed by atoms with Crippen LogP contribution in [0.3, 0.4) is 0 Å². The number of halogens is 1. The van der Waals surface area contributed by atoms with E-state index in [1.807, 2.05) is 0 Å². The van der Waals surface area contributed by atoms with Crippen LogP contribution < -0.4 is 4.72 Å². The van der Waals surface area contributed by atoms with Crippen LogP contribution in [0.1, 0.15) is 32.4 Å². The number of hydrogen-bond donors (Lipinski definition) is 1. The maximum absolute atomic E-state index is 12.2. The molecule has 0 amide bonds. The molecule has 1 rings (SSSR count). The molecule has 22 heavy (non-hydrogen) atoms. The normalized spacial score (nSPS) is 14.8. The van der Waals surface area contributed by atoms with Crippen molar-refractivity contribution < 1.29 is 21.0 Å². The minimum Gasteiger partial charge on any atom is -0.261 e. The van der Waals surface area contributed by atoms with Crippen LogP contribution in [0.2, 0.25) is 5.02 Å². The summed E-state index contributed by atoms with van der Waals surface area (Å²) in [5.41, 5.74) is -0.386. The summed E-state index contributed by atoms with van der Waals surface area (Å²) in [5, 5.41) is 0.238. The third kappa shape index (κ3) is 7.06. The van der Waals surface area contributed by atoms with E-state index >= 15 is 0 Å². The number of benzene rings is 1. The third-order valence-electron chi connectivity index (χ3n) is 2.38. The number of nitrogens with one attached hydrogen (secondary N) is 1. The van der Waals surface area contributed by atoms with Gasteiger partial charge in [0.15, 0.2) is 0 Å². The molecule has 0 unspecified atom stereocenters. The summed E-state index contributed by atoms with van der Waals surface area (Å²) < 4.78 is 54.6. The van der Waals surface area contributed by atoms with E-state index in [9.17, 15) is 16.8 Å². The predicted octanol–water partition coefficient (Wildman–Crippen LogP) is 2.08. The lowest BCUT2D eigenvalue weighted by Gasteiger charge is -2.23. The molecule has 126 valence electrons. The Hall–Kier alpha value is -0.670. The van der Waals surface area contributed by atoms with Crippen molar-refractivity contribution in [2.45, 2.75) is 32.4 Å². The van der Waals surface area contributed by atoms with Crippen LogP contribution in [-0.2, 0) is 24.3 Å². The first-order valence-corrected chi connectivity index (χ1v) is 10.3. The summed E-state index contributed by atoms with van der Waals surface area (Å²) in [6.45, 7) is 5.06. The Morgan fingerprint density at radius 2 is 1.73 bits per heavy atom. The molecule has 1 atom stereocenters. The molecule has 0 aliphatic heterocycles. The number of hydrogen-bond acceptors (Lipinski definition) is 5. The van der Waals surface area contributed by atoms with Gasteiger partial charge in [-0.1, -0.05) is 29.8 Å². The molecule has 1 aromatic carbocycles. The monoisotopic (exact) mass is 369 g/mol. The average molecular weight is 370 g/mol. The van der Waals surface area contributed by atoms with Crippen LogP contribution in [0.4, 0.5) is 0 Å². The molecule has 0 spiro atoms. The fourth-order valence-electron chi connectivity index (χ4n) is 1.82. The van der Waals surface area contributed by atoms with Crippen LogP contribution in [-0.4, -0.2) is 34.4 Å². The highest BCUT2D eigenvalue weighted by Crippen LogP contribution is 2.28. The van der Waals surface area contributed by atoms with E-state index in [4.69, 9.17) is 15.8 Å². The Balaban J connectivity index is 3.16. The maximum atomic E-state index is 12.2. The van der Waals surface area contributed by atoms with Crippen molar-refractivity contribution in [2.24, 2.45) is 0 Å². The fraction of sp³-hybridized carbons (Fsp3) is 0.538. The largest absolute Gasteiger partial charge is 0.265 e. The molecule has 0 aliphatic rings. The Labute approximate surface area is 137 Å². The summed E-state index contributed by atoms with van der Waals surface area (Å²) in [5.74, 6) is -0.554. The van der Waals surface area contributed by atoms with E-state index in [2.05, 4.69) is 4.72 Å². The molecule has 0 radical (unpaired) electrons. The number of rotatable bonds is 6. The molecule has 9 heteroatoms. The fourth-order valence-corrected chi connectivity index (χ4v) is 4.42. The van der Waals surface area contributed by atoms with Crippen LogP contribution >= 0.6 is 11.6 Å². The quantitative estimate of drug-likeness (QED) is 0.775. The Kier molecular flexibility index (Phi) is 6.02. The van der Waals surface area contributed by atoms with E-state index < -0.39 is 37.5 Å². The van der Waals surface area contributed by atoms with Crippen LogP contribution in [0.5, 0.6) is 0 Å². The molecular weight excluding hydrogens is 350 g/mol. The van der Waals surface area contributed by atoms with Crippen molar-refractivity contribution in [3.8, 4) is 0 Å². The summed E-state index contributed by atoms with van der Waals surface area (Å²) in [4.78, 5) is 0. The minimum atomic E-state index is -3.86. The van der Waals surface area contributed by atoms with Crippen molar-refractivity contribution >= 4 is 31.7 Å². The molecule has 0 saturated carbocycles. The first-order chi connectivity index (χ1) is 9.79. The Morgan fingerprint density at radius 1 is 1.18 bits per heavy atom. The van der Waals surface area contributed by atoms with Gasteiger partial charge in [0, 0.05) is 16.1 Å². The van der Waals surface area contributed by atoms with Gasteiger partial charge in [0.25, 0.3) is 10.1 Å². The van der Waals surface area contributed by atoms with Crippen LogP contribution in [0.15, 0.2) is 24.3 Å². The van der Waals surface area contributed by atoms with Gasteiger partial charge in [-0.3, -0.25) is 4.18 Å². The second-order valence-corrected chi connectivity index (χ2v) is 9.72. The smallest absolute Gasteiger partial charge is 0.261 e. The topological polar surface area (TPSA) is 89.5 Å². The first kappa shape index (κ1) is 19.4. The van der Waals surface area contributed by atoms with Gasteiger partial charge in [-0.2, -0.15) is 8.42 Å². The van der Waals surface area contributed by atoms with Gasteiger partial charge in [-0.25, -0.2) is 13.1 Å². The summed E-state index contributed by atoms with van der Waals surface area (Å²) >= 11 is 6.02. The van der Waals surface area contributed by atoms with Crippen molar-refractivity contribution in [1.82, 2.24) is 4.72 Å². The lowest BCUT2D eigenvalue weighted by Crippen LogP contribution is -2.43. The maximum Gasteiger partial charge on any atom is 0.265 e. The first-order valence-electron chi connectivity index (χ1n) is 6.43. The highest BCUT2D eigenvalue weighted by Gasteiger charge is 2.29. The van der Waals surface area contributed by atoms with Gasteiger partial charge in [0.2, 0.25) is 10.0 Å². The zero-order valence-corrected chi connectivity index (χ0v) is 15.2. The molecule has 0 aromatic heterocycles. The van der Waals surface area contributed by atoms with Gasteiger partial charge in [0.1, 0.15) is 6.10 Å². The lowest BCUT2D eigenvalue weighted by atomic mass is 10.1. The van der Waals surface area contributed by atoms with Gasteiger partial charge >= 0.3 is 0 Å². The summed E-state index contributed by atoms with van der Waals surface area (Å²) in [6.07, 6.45) is -0.357. The van der Waals surface area contributed by atoms with E-state index in [-0.39, 0.29) is 5.02 Å². The molecule has 0 fully saturated rings. The third-order valence-corrected chi connectivity index (χ3v) is 4.97. The lowest BCUT2D eigenvalue weighted by molar-refractivity contribution is 0.238. The SMILES string of the molecule is CC(C)(C)NS(=O)(=O)C[C@@H](OS(C)(=O)=O)c1ccccc1Cl. The molecule has 6 nitrogen and oxygen atoms in total. The van der Waals surface area contributed by atoms with Gasteiger partial charge < -0.3 is 0 Å². The van der Waals surface area contributed by atoms with Crippen molar-refractivity contribution in [3.63, 3.8) is 0 Å². The van der Waals surface area contributed by atoms with Gasteiger partial charge in [0.05, 0.1) is 12.0 Å². The van der Waals surface area contributed by atoms with Gasteiger partial charge in [-0.15, -0.1) is 0 Å². The molecule has 1 aromatic rings. The van der Waals surface area contributed by atoms with Crippen LogP contribution in [0.25, 0.3) is 0 Å². The van der Waals surface area contributed by atoms with E-state index in [0.29, 0.717) is 5.56 Å². The zero-order chi connectivity index (χ0) is 17.2. The molecule has 0 bridgehead atoms. The van der Waals surface area contributed by atoms with Crippen molar-refractivity contribution in [2.75, 3.05) is 12.0 Å². The van der Waals surface area contributed by atoms with E-state index in [0.717, 1.165) is 6.26 Å². The summed E-state index contributed by atoms with van der Waals surface area (Å²) in [7, 11) is -7.63. The molecular formula is C13H20ClNO5S2. The molecule has 0 aliphatic carbocycles. The second kappa shape index (κ2) is 6.84. The zero-order valence-electron chi connectivity index (χ0n) is 12.8. The van der Waals surface area contributed by atoms with Crippen molar-refractivity contribution in [1.29, 1.82) is 0 Å². The molecule has 0 saturated heterocycles. The van der Waals surface area contributed by atoms with E-state index in [1.54, 1.807) is 39.0 Å². The standard InChI is InChI=1S/C13H20ClNO5S2/c1-13(2,3)15-22(18,19)9-12(20-21(4,16)17)10-7-5-6-8-11(10)14/h5-8,12,15H,9H2,1-4H3/t12-/m1/s1. The second-order valence-electron chi connectivity index (χ2n) is 5.94. The Morgan fingerprint density at radius 3 is 2.18 bits per heavy atom. The van der Waals surface area contributed by atoms with Crippen molar-refractivity contribution in [3.05, 3.63) is 34.9 Å². The molecule has 0 heterocycles. The highest BCUT2D eigenvalue weighted by molar-refractivity contribution is 7.89. The van der Waals surface area contributed by atoms with E-state index in [1.165, 1.54) is 6.07 Å². The predicted molar refractivity (Wildman–Crippen MR) is 86.8 cm³/mol. The number of sulfonamides is 1. The van der Waals surface area contributed by atoms with Crippen LogP contribution in [0, 0.1) is 0 Å².